The van der Waals surface area contributed by atoms with E-state index in [1.165, 1.54) is 5.56 Å². The molecule has 0 aromatic heterocycles. The second kappa shape index (κ2) is 6.67. The van der Waals surface area contributed by atoms with Gasteiger partial charge in [-0.05, 0) is 51.4 Å². The van der Waals surface area contributed by atoms with Crippen LogP contribution in [0.15, 0.2) is 18.2 Å². The Bertz CT molecular complexity index is 474. The highest BCUT2D eigenvalue weighted by atomic mass is 16.5. The van der Waals surface area contributed by atoms with Crippen molar-refractivity contribution in [2.75, 3.05) is 31.6 Å². The third-order valence-corrected chi connectivity index (χ3v) is 4.08. The van der Waals surface area contributed by atoms with Crippen LogP contribution in [0, 0.1) is 0 Å². The predicted octanol–water partition coefficient (Wildman–Crippen LogP) is 2.51. The van der Waals surface area contributed by atoms with E-state index in [4.69, 9.17) is 9.84 Å². The van der Waals surface area contributed by atoms with E-state index in [-0.39, 0.29) is 12.2 Å². The zero-order valence-electron chi connectivity index (χ0n) is 13.6. The number of hydrogen-bond acceptors (Lipinski definition) is 4. The fourth-order valence-corrected chi connectivity index (χ4v) is 2.86. The first-order valence-electron chi connectivity index (χ1n) is 7.86. The van der Waals surface area contributed by atoms with Crippen LogP contribution >= 0.6 is 0 Å². The minimum atomic E-state index is -0.151. The maximum Gasteiger partial charge on any atom is 0.143 e. The molecule has 1 aromatic rings. The van der Waals surface area contributed by atoms with Gasteiger partial charge in [-0.2, -0.15) is 0 Å². The van der Waals surface area contributed by atoms with Crippen LogP contribution < -0.4 is 10.1 Å². The molecule has 2 rings (SSSR count). The molecule has 1 heterocycles. The van der Waals surface area contributed by atoms with Gasteiger partial charge in [-0.3, -0.25) is 4.90 Å². The Balaban J connectivity index is 2.05. The third kappa shape index (κ3) is 4.11. The highest BCUT2D eigenvalue weighted by Gasteiger charge is 2.26. The summed E-state index contributed by atoms with van der Waals surface area (Å²) in [5, 5.41) is 12.6. The first-order chi connectivity index (χ1) is 9.95. The Hall–Kier alpha value is -1.26. The van der Waals surface area contributed by atoms with Crippen molar-refractivity contribution >= 4 is 5.69 Å². The third-order valence-electron chi connectivity index (χ3n) is 4.08. The van der Waals surface area contributed by atoms with E-state index >= 15 is 0 Å². The number of ether oxygens (including phenoxy) is 1. The highest BCUT2D eigenvalue weighted by molar-refractivity contribution is 5.60. The molecule has 21 heavy (non-hydrogen) atoms. The van der Waals surface area contributed by atoms with Crippen molar-refractivity contribution in [1.82, 2.24) is 4.90 Å². The molecule has 0 amide bonds. The lowest BCUT2D eigenvalue weighted by molar-refractivity contribution is 0.116. The standard InChI is InChI=1S/C17H28N2O2/c1-5-19(8-9-20)13(2)10-14-6-7-16-15(11-14)18-12-17(3,4)21-16/h6-7,11,13,18,20H,5,8-10,12H2,1-4H3. The van der Waals surface area contributed by atoms with Gasteiger partial charge in [0, 0.05) is 12.6 Å². The Morgan fingerprint density at radius 3 is 2.86 bits per heavy atom. The molecular formula is C17H28N2O2. The predicted molar refractivity (Wildman–Crippen MR) is 87.1 cm³/mol. The molecule has 0 saturated carbocycles. The Morgan fingerprint density at radius 1 is 1.43 bits per heavy atom. The number of aliphatic hydroxyl groups excluding tert-OH is 1. The van der Waals surface area contributed by atoms with Crippen molar-refractivity contribution in [1.29, 1.82) is 0 Å². The summed E-state index contributed by atoms with van der Waals surface area (Å²) in [6, 6.07) is 6.81. The van der Waals surface area contributed by atoms with Crippen molar-refractivity contribution in [3.63, 3.8) is 0 Å². The van der Waals surface area contributed by atoms with E-state index in [2.05, 4.69) is 56.1 Å². The number of aliphatic hydroxyl groups is 1. The molecule has 1 aromatic carbocycles. The van der Waals surface area contributed by atoms with Crippen LogP contribution in [-0.4, -0.2) is 47.9 Å². The van der Waals surface area contributed by atoms with Gasteiger partial charge >= 0.3 is 0 Å². The molecule has 0 saturated heterocycles. The Morgan fingerprint density at radius 2 is 2.19 bits per heavy atom. The van der Waals surface area contributed by atoms with Crippen molar-refractivity contribution in [3.05, 3.63) is 23.8 Å². The maximum atomic E-state index is 9.12. The molecule has 4 heteroatoms. The molecule has 0 aliphatic carbocycles. The molecule has 2 N–H and O–H groups in total. The lowest BCUT2D eigenvalue weighted by Gasteiger charge is -2.34. The lowest BCUT2D eigenvalue weighted by Crippen LogP contribution is -2.40. The number of hydrogen-bond donors (Lipinski definition) is 2. The van der Waals surface area contributed by atoms with Gasteiger partial charge in [0.15, 0.2) is 0 Å². The van der Waals surface area contributed by atoms with E-state index in [0.29, 0.717) is 6.04 Å². The summed E-state index contributed by atoms with van der Waals surface area (Å²) in [7, 11) is 0. The quantitative estimate of drug-likeness (QED) is 0.845. The Labute approximate surface area is 128 Å². The first-order valence-corrected chi connectivity index (χ1v) is 7.86. The minimum absolute atomic E-state index is 0.151. The SMILES string of the molecule is CCN(CCO)C(C)Cc1ccc2c(c1)NCC(C)(C)O2. The van der Waals surface area contributed by atoms with Gasteiger partial charge in [-0.1, -0.05) is 13.0 Å². The second-order valence-corrected chi connectivity index (χ2v) is 6.45. The molecule has 4 nitrogen and oxygen atoms in total. The van der Waals surface area contributed by atoms with E-state index in [9.17, 15) is 0 Å². The fourth-order valence-electron chi connectivity index (χ4n) is 2.86. The monoisotopic (exact) mass is 292 g/mol. The average Bonchev–Trinajstić information content (AvgIpc) is 2.44. The minimum Gasteiger partial charge on any atom is -0.484 e. The van der Waals surface area contributed by atoms with Gasteiger partial charge in [0.1, 0.15) is 11.4 Å². The van der Waals surface area contributed by atoms with Crippen molar-refractivity contribution in [3.8, 4) is 5.75 Å². The smallest absolute Gasteiger partial charge is 0.143 e. The summed E-state index contributed by atoms with van der Waals surface area (Å²) < 4.78 is 5.98. The number of nitrogens with one attached hydrogen (secondary N) is 1. The summed E-state index contributed by atoms with van der Waals surface area (Å²) >= 11 is 0. The lowest BCUT2D eigenvalue weighted by atomic mass is 10.0. The molecular weight excluding hydrogens is 264 g/mol. The van der Waals surface area contributed by atoms with Gasteiger partial charge in [-0.15, -0.1) is 0 Å². The molecule has 1 unspecified atom stereocenters. The summed E-state index contributed by atoms with van der Waals surface area (Å²) in [5.41, 5.74) is 2.24. The van der Waals surface area contributed by atoms with Gasteiger partial charge in [0.25, 0.3) is 0 Å². The van der Waals surface area contributed by atoms with Crippen LogP contribution in [0.1, 0.15) is 33.3 Å². The molecule has 1 aliphatic heterocycles. The fraction of sp³-hybridized carbons (Fsp3) is 0.647. The molecule has 0 radical (unpaired) electrons. The van der Waals surface area contributed by atoms with Crippen LogP contribution in [-0.2, 0) is 6.42 Å². The number of anilines is 1. The van der Waals surface area contributed by atoms with Gasteiger partial charge in [0.2, 0.25) is 0 Å². The van der Waals surface area contributed by atoms with E-state index in [1.54, 1.807) is 0 Å². The van der Waals surface area contributed by atoms with E-state index in [1.807, 2.05) is 0 Å². The molecule has 1 atom stereocenters. The molecule has 0 fully saturated rings. The van der Waals surface area contributed by atoms with E-state index in [0.717, 1.165) is 37.5 Å². The van der Waals surface area contributed by atoms with Crippen LogP contribution in [0.5, 0.6) is 5.75 Å². The van der Waals surface area contributed by atoms with Crippen molar-refractivity contribution < 1.29 is 9.84 Å². The largest absolute Gasteiger partial charge is 0.484 e. The number of likely N-dealkylation sites (N-methyl/N-ethyl adjacent to an activating group) is 1. The van der Waals surface area contributed by atoms with E-state index < -0.39 is 0 Å². The normalized spacial score (nSPS) is 17.8. The zero-order chi connectivity index (χ0) is 15.5. The second-order valence-electron chi connectivity index (χ2n) is 6.45. The van der Waals surface area contributed by atoms with Gasteiger partial charge in [0.05, 0.1) is 18.8 Å². The van der Waals surface area contributed by atoms with Crippen LogP contribution in [0.2, 0.25) is 0 Å². The number of benzene rings is 1. The highest BCUT2D eigenvalue weighted by Crippen LogP contribution is 2.33. The maximum absolute atomic E-state index is 9.12. The zero-order valence-corrected chi connectivity index (χ0v) is 13.6. The van der Waals surface area contributed by atoms with Crippen LogP contribution in [0.4, 0.5) is 5.69 Å². The van der Waals surface area contributed by atoms with Crippen LogP contribution in [0.25, 0.3) is 0 Å². The topological polar surface area (TPSA) is 44.7 Å². The summed E-state index contributed by atoms with van der Waals surface area (Å²) in [4.78, 5) is 2.30. The first kappa shape index (κ1) is 16.1. The molecule has 118 valence electrons. The Kier molecular flexibility index (Phi) is 5.12. The summed E-state index contributed by atoms with van der Waals surface area (Å²) in [5.74, 6) is 0.936. The average molecular weight is 292 g/mol. The molecule has 1 aliphatic rings. The van der Waals surface area contributed by atoms with Gasteiger partial charge in [-0.25, -0.2) is 0 Å². The van der Waals surface area contributed by atoms with Crippen molar-refractivity contribution in [2.45, 2.75) is 45.8 Å². The number of fused-ring (bicyclic) bond motifs is 1. The van der Waals surface area contributed by atoms with Crippen LogP contribution in [0.3, 0.4) is 0 Å². The molecule has 0 spiro atoms. The number of nitrogens with zero attached hydrogens (tertiary/aromatic N) is 1. The van der Waals surface area contributed by atoms with Gasteiger partial charge < -0.3 is 15.2 Å². The number of rotatable bonds is 6. The summed E-state index contributed by atoms with van der Waals surface area (Å²) in [6.07, 6.45) is 0.978. The summed E-state index contributed by atoms with van der Waals surface area (Å²) in [6.45, 7) is 11.3. The molecule has 0 bridgehead atoms. The van der Waals surface area contributed by atoms with Crippen molar-refractivity contribution in [2.24, 2.45) is 0 Å².